The largest absolute Gasteiger partial charge is 0.462 e. The van der Waals surface area contributed by atoms with E-state index in [1.807, 2.05) is 12.2 Å². The first-order chi connectivity index (χ1) is 20.0. The summed E-state index contributed by atoms with van der Waals surface area (Å²) in [6.45, 7) is 8.58. The molecule has 42 heavy (non-hydrogen) atoms. The topological polar surface area (TPSA) is 71.1 Å². The molecule has 2 atom stereocenters. The average molecular weight is 651 g/mol. The molecule has 0 aliphatic rings. The second kappa shape index (κ2) is 26.7. The monoisotopic (exact) mass is 650 g/mol. The molecule has 2 unspecified atom stereocenters. The van der Waals surface area contributed by atoms with E-state index in [1.165, 1.54) is 51.4 Å². The molecule has 0 amide bonds. The smallest absolute Gasteiger partial charge is 0.306 e. The van der Waals surface area contributed by atoms with Crippen molar-refractivity contribution in [2.75, 3.05) is 47.5 Å². The number of allylic oxidation sites excluding steroid dienone is 2. The van der Waals surface area contributed by atoms with Crippen LogP contribution in [0.3, 0.4) is 0 Å². The number of thiol groups is 1. The summed E-state index contributed by atoms with van der Waals surface area (Å²) in [6, 6.07) is 0. The molecule has 0 aromatic heterocycles. The van der Waals surface area contributed by atoms with Gasteiger partial charge in [0, 0.05) is 12.8 Å². The highest BCUT2D eigenvalue weighted by molar-refractivity contribution is 8.60. The molecule has 0 saturated heterocycles. The Balaban J connectivity index is 4.52. The summed E-state index contributed by atoms with van der Waals surface area (Å²) in [5.41, 5.74) is -2.83. The van der Waals surface area contributed by atoms with Crippen molar-refractivity contribution >= 4 is 41.7 Å². The maximum atomic E-state index is 12.6. The van der Waals surface area contributed by atoms with Gasteiger partial charge in [-0.3, -0.25) is 9.59 Å². The van der Waals surface area contributed by atoms with Crippen molar-refractivity contribution in [3.8, 4) is 0 Å². The van der Waals surface area contributed by atoms with Gasteiger partial charge in [-0.15, -0.1) is 13.2 Å². The summed E-state index contributed by atoms with van der Waals surface area (Å²) in [5.74, 6) is -0.614. The Hall–Kier alpha value is -0.700. The molecule has 0 rings (SSSR count). The molecule has 0 saturated carbocycles. The van der Waals surface area contributed by atoms with Crippen molar-refractivity contribution in [3.63, 3.8) is 0 Å². The zero-order valence-electron chi connectivity index (χ0n) is 26.9. The second-order valence-electron chi connectivity index (χ2n) is 12.0. The lowest BCUT2D eigenvalue weighted by molar-refractivity contribution is -0.870. The number of nitrogens with zero attached hydrogens (tertiary/aromatic N) is 1. The first kappa shape index (κ1) is 41.3. The highest BCUT2D eigenvalue weighted by atomic mass is 32.9. The van der Waals surface area contributed by atoms with Crippen LogP contribution in [-0.2, 0) is 39.9 Å². The lowest BCUT2D eigenvalue weighted by Gasteiger charge is -2.26. The SMILES string of the molecule is C=CCCCCCCCCCC(=O)OCC(COP(=S)(S)OCC[N+](C)(C)C)OC(=O)CCCCCCCCCC=C. The number of ether oxygens (including phenoxy) is 2. The zero-order valence-corrected chi connectivity index (χ0v) is 29.5. The van der Waals surface area contributed by atoms with Crippen LogP contribution in [0.15, 0.2) is 25.3 Å². The lowest BCUT2D eigenvalue weighted by Crippen LogP contribution is -2.37. The van der Waals surface area contributed by atoms with Gasteiger partial charge in [-0.05, 0) is 50.3 Å². The molecule has 246 valence electrons. The number of unbranched alkanes of at least 4 members (excludes halogenated alkanes) is 14. The van der Waals surface area contributed by atoms with Gasteiger partial charge in [-0.2, -0.15) is 0 Å². The van der Waals surface area contributed by atoms with Crippen molar-refractivity contribution in [1.82, 2.24) is 0 Å². The van der Waals surface area contributed by atoms with Crippen LogP contribution < -0.4 is 0 Å². The average Bonchev–Trinajstić information content (AvgIpc) is 2.92. The lowest BCUT2D eigenvalue weighted by atomic mass is 10.1. The summed E-state index contributed by atoms with van der Waals surface area (Å²) < 4.78 is 23.3. The number of carbonyl (C=O) groups excluding carboxylic acids is 2. The van der Waals surface area contributed by atoms with Gasteiger partial charge in [0.1, 0.15) is 19.8 Å². The van der Waals surface area contributed by atoms with Gasteiger partial charge >= 0.3 is 11.9 Å². The fraction of sp³-hybridized carbons (Fsp3) is 0.812. The first-order valence-electron chi connectivity index (χ1n) is 16.0. The van der Waals surface area contributed by atoms with E-state index in [0.29, 0.717) is 19.4 Å². The number of hydrogen-bond acceptors (Lipinski definition) is 7. The highest BCUT2D eigenvalue weighted by Gasteiger charge is 2.23. The summed E-state index contributed by atoms with van der Waals surface area (Å²) in [5, 5.41) is 0. The third-order valence-electron chi connectivity index (χ3n) is 6.75. The molecule has 0 aromatic carbocycles. The molecule has 10 heteroatoms. The highest BCUT2D eigenvalue weighted by Crippen LogP contribution is 2.53. The van der Waals surface area contributed by atoms with E-state index in [2.05, 4.69) is 46.5 Å². The van der Waals surface area contributed by atoms with Crippen LogP contribution in [0, 0.1) is 0 Å². The summed E-state index contributed by atoms with van der Waals surface area (Å²) >= 11 is 9.85. The van der Waals surface area contributed by atoms with Gasteiger partial charge in [-0.25, -0.2) is 0 Å². The number of rotatable bonds is 30. The van der Waals surface area contributed by atoms with Crippen LogP contribution in [0.2, 0.25) is 0 Å². The minimum atomic E-state index is -2.83. The van der Waals surface area contributed by atoms with Gasteiger partial charge < -0.3 is 23.0 Å². The third kappa shape index (κ3) is 29.4. The number of esters is 2. The van der Waals surface area contributed by atoms with E-state index in [4.69, 9.17) is 30.3 Å². The van der Waals surface area contributed by atoms with Crippen molar-refractivity contribution in [3.05, 3.63) is 25.3 Å². The van der Waals surface area contributed by atoms with Gasteiger partial charge in [-0.1, -0.05) is 88.6 Å². The molecule has 0 aliphatic heterocycles. The first-order valence-corrected chi connectivity index (χ1v) is 19.8. The zero-order chi connectivity index (χ0) is 31.5. The molecule has 0 N–H and O–H groups in total. The van der Waals surface area contributed by atoms with Crippen LogP contribution in [0.25, 0.3) is 0 Å². The normalized spacial score (nSPS) is 13.7. The number of carbonyl (C=O) groups is 2. The number of quaternary nitrogens is 1. The van der Waals surface area contributed by atoms with Crippen molar-refractivity contribution in [2.24, 2.45) is 0 Å². The van der Waals surface area contributed by atoms with Crippen molar-refractivity contribution in [1.29, 1.82) is 0 Å². The minimum Gasteiger partial charge on any atom is -0.462 e. The van der Waals surface area contributed by atoms with Crippen LogP contribution in [0.5, 0.6) is 0 Å². The molecule has 0 heterocycles. The van der Waals surface area contributed by atoms with Crippen LogP contribution in [-0.4, -0.2) is 70.0 Å². The summed E-state index contributed by atoms with van der Waals surface area (Å²) in [4.78, 5) is 24.9. The Morgan fingerprint density at radius 1 is 0.738 bits per heavy atom. The molecule has 7 nitrogen and oxygen atoms in total. The van der Waals surface area contributed by atoms with E-state index in [9.17, 15) is 9.59 Å². The molecule has 0 radical (unpaired) electrons. The standard InChI is InChI=1S/C32H60NO6PS2/c1-6-8-10-12-14-16-18-20-22-24-31(34)36-28-30(29-38-40(41,42)37-27-26-33(3,4)5)39-32(35)25-23-21-19-17-15-13-11-9-7-2/h6-7,30H,1-2,8-29H2,3-5H3/p+1. The molecule has 0 fully saturated rings. The van der Waals surface area contributed by atoms with Gasteiger partial charge in [0.05, 0.1) is 27.7 Å². The summed E-state index contributed by atoms with van der Waals surface area (Å²) in [7, 11) is 6.18. The molecule has 0 bridgehead atoms. The molecule has 0 aliphatic carbocycles. The van der Waals surface area contributed by atoms with E-state index >= 15 is 0 Å². The van der Waals surface area contributed by atoms with Crippen LogP contribution in [0.1, 0.15) is 116 Å². The molecular formula is C32H61NO6PS2+. The fourth-order valence-corrected chi connectivity index (χ4v) is 5.74. The Morgan fingerprint density at radius 3 is 1.67 bits per heavy atom. The van der Waals surface area contributed by atoms with Gasteiger partial charge in [0.2, 0.25) is 5.69 Å². The van der Waals surface area contributed by atoms with E-state index in [0.717, 1.165) is 62.4 Å². The number of likely N-dealkylation sites (N-methyl/N-ethyl adjacent to an activating group) is 1. The maximum Gasteiger partial charge on any atom is 0.306 e. The van der Waals surface area contributed by atoms with E-state index in [-0.39, 0.29) is 25.2 Å². The Morgan fingerprint density at radius 2 is 1.19 bits per heavy atom. The maximum absolute atomic E-state index is 12.6. The number of hydrogen-bond donors (Lipinski definition) is 1. The quantitative estimate of drug-likeness (QED) is 0.0208. The Kier molecular flexibility index (Phi) is 26.2. The van der Waals surface area contributed by atoms with E-state index in [1.54, 1.807) is 0 Å². The minimum absolute atomic E-state index is 0.0270. The second-order valence-corrected chi connectivity index (χ2v) is 17.3. The fourth-order valence-electron chi connectivity index (χ4n) is 4.15. The molecular weight excluding hydrogens is 589 g/mol. The van der Waals surface area contributed by atoms with Crippen molar-refractivity contribution < 1.29 is 32.6 Å². The van der Waals surface area contributed by atoms with Crippen LogP contribution in [0.4, 0.5) is 0 Å². The van der Waals surface area contributed by atoms with Gasteiger partial charge in [0.25, 0.3) is 0 Å². The molecule has 0 spiro atoms. The van der Waals surface area contributed by atoms with Crippen LogP contribution >= 0.6 is 17.9 Å². The predicted molar refractivity (Wildman–Crippen MR) is 182 cm³/mol. The van der Waals surface area contributed by atoms with E-state index < -0.39 is 11.8 Å². The predicted octanol–water partition coefficient (Wildman–Crippen LogP) is 8.73. The summed E-state index contributed by atoms with van der Waals surface area (Å²) in [6.07, 6.45) is 21.4. The molecule has 0 aromatic rings. The van der Waals surface area contributed by atoms with Gasteiger partial charge in [0.15, 0.2) is 6.10 Å². The van der Waals surface area contributed by atoms with Crippen molar-refractivity contribution in [2.45, 2.75) is 122 Å². The third-order valence-corrected chi connectivity index (χ3v) is 9.06. The Bertz CT molecular complexity index is 775. The Labute approximate surface area is 268 Å².